The van der Waals surface area contributed by atoms with E-state index in [1.54, 1.807) is 23.3 Å². The number of nitrogens with zero attached hydrogens (tertiary/aromatic N) is 1. The highest BCUT2D eigenvalue weighted by molar-refractivity contribution is 5.92. The zero-order valence-corrected chi connectivity index (χ0v) is 20.0. The van der Waals surface area contributed by atoms with Crippen molar-refractivity contribution >= 4 is 17.8 Å². The van der Waals surface area contributed by atoms with Crippen molar-refractivity contribution < 1.29 is 23.5 Å². The van der Waals surface area contributed by atoms with Crippen molar-refractivity contribution in [2.24, 2.45) is 16.7 Å². The number of hydrogen-bond donors (Lipinski definition) is 1. The molecule has 0 unspecified atom stereocenters. The topological polar surface area (TPSA) is 88.8 Å². The lowest BCUT2D eigenvalue weighted by Crippen LogP contribution is -2.55. The fourth-order valence-electron chi connectivity index (χ4n) is 5.37. The SMILES string of the molecule is COC(=O)[C@@]12C[C@@H](CC(=O)NCc3ccccc3)C(=O)N(Cc3ccco3)C1=CCC(C)(C)C2. The first-order chi connectivity index (χ1) is 16.2. The van der Waals surface area contributed by atoms with Crippen LogP contribution in [0.15, 0.2) is 64.9 Å². The van der Waals surface area contributed by atoms with Gasteiger partial charge in [-0.2, -0.15) is 0 Å². The summed E-state index contributed by atoms with van der Waals surface area (Å²) in [7, 11) is 1.38. The lowest BCUT2D eigenvalue weighted by Gasteiger charge is -2.51. The third-order valence-electron chi connectivity index (χ3n) is 6.85. The molecule has 1 N–H and O–H groups in total. The van der Waals surface area contributed by atoms with Crippen molar-refractivity contribution in [2.45, 2.75) is 52.6 Å². The molecule has 0 spiro atoms. The predicted molar refractivity (Wildman–Crippen MR) is 126 cm³/mol. The fourth-order valence-corrected chi connectivity index (χ4v) is 5.37. The van der Waals surface area contributed by atoms with Gasteiger partial charge >= 0.3 is 5.97 Å². The summed E-state index contributed by atoms with van der Waals surface area (Å²) in [5, 5.41) is 2.91. The number of likely N-dealkylation sites (tertiary alicyclic amines) is 1. The van der Waals surface area contributed by atoms with E-state index in [9.17, 15) is 14.4 Å². The quantitative estimate of drug-likeness (QED) is 0.621. The predicted octanol–water partition coefficient (Wildman–Crippen LogP) is 4.20. The second kappa shape index (κ2) is 9.49. The molecular weight excluding hydrogens is 432 g/mol. The zero-order valence-electron chi connectivity index (χ0n) is 20.0. The molecule has 2 amide bonds. The third-order valence-corrected chi connectivity index (χ3v) is 6.85. The Morgan fingerprint density at radius 1 is 1.18 bits per heavy atom. The number of piperidine rings is 1. The number of carbonyl (C=O) groups is 3. The molecule has 0 bridgehead atoms. The van der Waals surface area contributed by atoms with Gasteiger partial charge in [-0.3, -0.25) is 14.4 Å². The minimum absolute atomic E-state index is 0.00672. The number of hydrogen-bond acceptors (Lipinski definition) is 5. The molecule has 1 aliphatic carbocycles. The van der Waals surface area contributed by atoms with Crippen LogP contribution in [0.25, 0.3) is 0 Å². The average molecular weight is 465 g/mol. The summed E-state index contributed by atoms with van der Waals surface area (Å²) in [5.41, 5.74) is 0.521. The minimum Gasteiger partial charge on any atom is -0.468 e. The molecular formula is C27H32N2O5. The van der Waals surface area contributed by atoms with Gasteiger partial charge in [0.25, 0.3) is 0 Å². The molecule has 1 fully saturated rings. The first-order valence-electron chi connectivity index (χ1n) is 11.7. The van der Waals surface area contributed by atoms with Crippen LogP contribution in [0, 0.1) is 16.7 Å². The number of methoxy groups -OCH3 is 1. The summed E-state index contributed by atoms with van der Waals surface area (Å²) in [6, 6.07) is 13.2. The standard InChI is InChI=1S/C27H32N2O5/c1-26(2)12-11-22-27(18-26,25(32)33-3)15-20(24(31)29(22)17-21-10-7-13-34-21)14-23(30)28-16-19-8-5-4-6-9-19/h4-11,13,20H,12,14-18H2,1-3H3,(H,28,30)/t20-,27-/m1/s1. The smallest absolute Gasteiger partial charge is 0.317 e. The normalized spacial score (nSPS) is 23.6. The molecule has 7 nitrogen and oxygen atoms in total. The highest BCUT2D eigenvalue weighted by atomic mass is 16.5. The average Bonchev–Trinajstić information content (AvgIpc) is 3.33. The number of carbonyl (C=O) groups excluding carboxylic acids is 3. The van der Waals surface area contributed by atoms with E-state index >= 15 is 0 Å². The molecule has 1 saturated heterocycles. The van der Waals surface area contributed by atoms with E-state index in [2.05, 4.69) is 19.2 Å². The lowest BCUT2D eigenvalue weighted by atomic mass is 9.59. The number of rotatable bonds is 7. The van der Waals surface area contributed by atoms with Crippen LogP contribution in [0.3, 0.4) is 0 Å². The van der Waals surface area contributed by atoms with Crippen LogP contribution in [-0.4, -0.2) is 29.8 Å². The molecule has 1 aromatic carbocycles. The van der Waals surface area contributed by atoms with E-state index in [1.165, 1.54) is 7.11 Å². The Morgan fingerprint density at radius 3 is 2.62 bits per heavy atom. The van der Waals surface area contributed by atoms with Crippen LogP contribution in [-0.2, 0) is 32.2 Å². The second-order valence-electron chi connectivity index (χ2n) is 10.1. The monoisotopic (exact) mass is 464 g/mol. The Kier molecular flexibility index (Phi) is 6.64. The van der Waals surface area contributed by atoms with Gasteiger partial charge in [-0.1, -0.05) is 50.3 Å². The Balaban J connectivity index is 1.62. The maximum absolute atomic E-state index is 13.6. The van der Waals surface area contributed by atoms with Crippen molar-refractivity contribution in [3.63, 3.8) is 0 Å². The molecule has 2 heterocycles. The van der Waals surface area contributed by atoms with Crippen molar-refractivity contribution in [1.82, 2.24) is 10.2 Å². The van der Waals surface area contributed by atoms with Gasteiger partial charge in [-0.05, 0) is 42.4 Å². The van der Waals surface area contributed by atoms with Gasteiger partial charge in [0.1, 0.15) is 11.2 Å². The summed E-state index contributed by atoms with van der Waals surface area (Å²) in [6.45, 7) is 4.82. The van der Waals surface area contributed by atoms with Crippen LogP contribution in [0.4, 0.5) is 0 Å². The highest BCUT2D eigenvalue weighted by Crippen LogP contribution is 2.55. The molecule has 2 aliphatic rings. The summed E-state index contributed by atoms with van der Waals surface area (Å²) < 4.78 is 10.8. The lowest BCUT2D eigenvalue weighted by molar-refractivity contribution is -0.162. The molecule has 1 aromatic heterocycles. The van der Waals surface area contributed by atoms with Gasteiger partial charge in [0.2, 0.25) is 11.8 Å². The van der Waals surface area contributed by atoms with Crippen molar-refractivity contribution in [1.29, 1.82) is 0 Å². The molecule has 0 saturated carbocycles. The van der Waals surface area contributed by atoms with E-state index in [4.69, 9.17) is 9.15 Å². The number of furan rings is 1. The van der Waals surface area contributed by atoms with Crippen LogP contribution < -0.4 is 5.32 Å². The van der Waals surface area contributed by atoms with E-state index in [-0.39, 0.29) is 42.6 Å². The molecule has 0 radical (unpaired) electrons. The fraction of sp³-hybridized carbons (Fsp3) is 0.444. The van der Waals surface area contributed by atoms with Gasteiger partial charge < -0.3 is 19.4 Å². The van der Waals surface area contributed by atoms with E-state index in [0.717, 1.165) is 12.0 Å². The van der Waals surface area contributed by atoms with Crippen LogP contribution >= 0.6 is 0 Å². The molecule has 180 valence electrons. The van der Waals surface area contributed by atoms with Crippen molar-refractivity contribution in [2.75, 3.05) is 7.11 Å². The third kappa shape index (κ3) is 4.79. The summed E-state index contributed by atoms with van der Waals surface area (Å²) in [6.07, 6.45) is 5.10. The molecule has 4 rings (SSSR count). The van der Waals surface area contributed by atoms with Crippen LogP contribution in [0.5, 0.6) is 0 Å². The molecule has 2 atom stereocenters. The Labute approximate surface area is 200 Å². The Bertz CT molecular complexity index is 1070. The van der Waals surface area contributed by atoms with E-state index in [1.807, 2.05) is 36.4 Å². The van der Waals surface area contributed by atoms with E-state index < -0.39 is 11.3 Å². The summed E-state index contributed by atoms with van der Waals surface area (Å²) in [4.78, 5) is 41.4. The molecule has 7 heteroatoms. The number of fused-ring (bicyclic) bond motifs is 1. The summed E-state index contributed by atoms with van der Waals surface area (Å²) >= 11 is 0. The largest absolute Gasteiger partial charge is 0.468 e. The minimum atomic E-state index is -0.985. The molecule has 1 aliphatic heterocycles. The number of ether oxygens (including phenoxy) is 1. The summed E-state index contributed by atoms with van der Waals surface area (Å²) in [5.74, 6) is -0.777. The molecule has 2 aromatic rings. The first kappa shape index (κ1) is 23.8. The Morgan fingerprint density at radius 2 is 1.94 bits per heavy atom. The number of benzene rings is 1. The maximum Gasteiger partial charge on any atom is 0.317 e. The van der Waals surface area contributed by atoms with Crippen LogP contribution in [0.2, 0.25) is 0 Å². The van der Waals surface area contributed by atoms with Gasteiger partial charge in [-0.25, -0.2) is 0 Å². The first-order valence-corrected chi connectivity index (χ1v) is 11.7. The Hall–Kier alpha value is -3.35. The van der Waals surface area contributed by atoms with Gasteiger partial charge in [0, 0.05) is 24.6 Å². The van der Waals surface area contributed by atoms with Gasteiger partial charge in [0.15, 0.2) is 0 Å². The molecule has 34 heavy (non-hydrogen) atoms. The number of nitrogens with one attached hydrogen (secondary N) is 1. The van der Waals surface area contributed by atoms with Crippen molar-refractivity contribution in [3.05, 3.63) is 71.8 Å². The van der Waals surface area contributed by atoms with Gasteiger partial charge in [-0.15, -0.1) is 0 Å². The number of allylic oxidation sites excluding steroid dienone is 1. The van der Waals surface area contributed by atoms with E-state index in [0.29, 0.717) is 24.4 Å². The number of amides is 2. The maximum atomic E-state index is 13.6. The highest BCUT2D eigenvalue weighted by Gasteiger charge is 2.57. The second-order valence-corrected chi connectivity index (χ2v) is 10.1. The van der Waals surface area contributed by atoms with Crippen molar-refractivity contribution in [3.8, 4) is 0 Å². The zero-order chi connectivity index (χ0) is 24.3. The van der Waals surface area contributed by atoms with Gasteiger partial charge in [0.05, 0.1) is 19.9 Å². The van der Waals surface area contributed by atoms with Crippen LogP contribution in [0.1, 0.15) is 50.9 Å². The number of esters is 1.